The second-order valence-electron chi connectivity index (χ2n) is 3.33. The normalized spacial score (nSPS) is 34.7. The predicted octanol–water partition coefficient (Wildman–Crippen LogP) is 1.75. The lowest BCUT2D eigenvalue weighted by atomic mass is 10.2. The van der Waals surface area contributed by atoms with Gasteiger partial charge < -0.3 is 4.57 Å². The number of rotatable bonds is 1. The van der Waals surface area contributed by atoms with Crippen LogP contribution in [0.4, 0.5) is 0 Å². The molecule has 0 spiro atoms. The maximum atomic E-state index is 8.68. The van der Waals surface area contributed by atoms with Crippen LogP contribution in [0, 0.1) is 17.2 Å². The summed E-state index contributed by atoms with van der Waals surface area (Å²) < 4.78 is 2.13. The summed E-state index contributed by atoms with van der Waals surface area (Å²) >= 11 is 0. The lowest BCUT2D eigenvalue weighted by Crippen LogP contribution is -2.12. The summed E-state index contributed by atoms with van der Waals surface area (Å²) in [6, 6.07) is 6.29. The van der Waals surface area contributed by atoms with Crippen molar-refractivity contribution in [3.63, 3.8) is 0 Å². The van der Waals surface area contributed by atoms with Gasteiger partial charge in [-0.2, -0.15) is 5.26 Å². The fourth-order valence-electron chi connectivity index (χ4n) is 1.50. The lowest BCUT2D eigenvalue weighted by molar-refractivity contribution is 0.510. The molecule has 1 aromatic rings. The topological polar surface area (TPSA) is 28.7 Å². The van der Waals surface area contributed by atoms with Gasteiger partial charge in [-0.3, -0.25) is 0 Å². The molecule has 0 aromatic carbocycles. The molecule has 2 nitrogen and oxygen atoms in total. The second kappa shape index (κ2) is 1.88. The summed E-state index contributed by atoms with van der Waals surface area (Å²) in [5.41, 5.74) is 0.0955. The molecule has 0 saturated heterocycles. The van der Waals surface area contributed by atoms with Gasteiger partial charge in [-0.15, -0.1) is 0 Å². The molecule has 2 atom stereocenters. The van der Waals surface area contributed by atoms with Crippen molar-refractivity contribution in [1.29, 1.82) is 5.26 Å². The SMILES string of the molecule is C[C@]1(n2cccc2)C[C@H]1C#N. The Hall–Kier alpha value is -1.23. The van der Waals surface area contributed by atoms with E-state index in [0.29, 0.717) is 0 Å². The molecular formula is C9H10N2. The number of nitriles is 1. The van der Waals surface area contributed by atoms with Gasteiger partial charge in [0.25, 0.3) is 0 Å². The quantitative estimate of drug-likeness (QED) is 0.593. The van der Waals surface area contributed by atoms with E-state index in [1.807, 2.05) is 24.5 Å². The van der Waals surface area contributed by atoms with Crippen LogP contribution < -0.4 is 0 Å². The van der Waals surface area contributed by atoms with E-state index < -0.39 is 0 Å². The first-order chi connectivity index (χ1) is 5.27. The average Bonchev–Trinajstić information content (AvgIpc) is 2.55. The molecule has 0 radical (unpaired) electrons. The summed E-state index contributed by atoms with van der Waals surface area (Å²) in [4.78, 5) is 0. The van der Waals surface area contributed by atoms with Gasteiger partial charge in [0.15, 0.2) is 0 Å². The van der Waals surface area contributed by atoms with Crippen LogP contribution in [0.5, 0.6) is 0 Å². The molecule has 0 aliphatic heterocycles. The van der Waals surface area contributed by atoms with Crippen LogP contribution >= 0.6 is 0 Å². The first-order valence-corrected chi connectivity index (χ1v) is 3.80. The van der Waals surface area contributed by atoms with Crippen molar-refractivity contribution in [1.82, 2.24) is 4.57 Å². The van der Waals surface area contributed by atoms with Crippen molar-refractivity contribution in [2.45, 2.75) is 18.9 Å². The van der Waals surface area contributed by atoms with E-state index in [9.17, 15) is 0 Å². The van der Waals surface area contributed by atoms with Crippen molar-refractivity contribution < 1.29 is 0 Å². The van der Waals surface area contributed by atoms with Crippen LogP contribution in [0.2, 0.25) is 0 Å². The van der Waals surface area contributed by atoms with Gasteiger partial charge in [-0.25, -0.2) is 0 Å². The molecule has 1 aliphatic carbocycles. The van der Waals surface area contributed by atoms with Gasteiger partial charge in [0.1, 0.15) is 0 Å². The summed E-state index contributed by atoms with van der Waals surface area (Å²) in [5, 5.41) is 8.68. The van der Waals surface area contributed by atoms with Crippen molar-refractivity contribution in [3.05, 3.63) is 24.5 Å². The van der Waals surface area contributed by atoms with E-state index in [-0.39, 0.29) is 11.5 Å². The molecule has 11 heavy (non-hydrogen) atoms. The van der Waals surface area contributed by atoms with Crippen molar-refractivity contribution in [2.24, 2.45) is 5.92 Å². The van der Waals surface area contributed by atoms with Crippen LogP contribution in [-0.2, 0) is 5.54 Å². The van der Waals surface area contributed by atoms with Crippen LogP contribution in [-0.4, -0.2) is 4.57 Å². The molecule has 1 saturated carbocycles. The van der Waals surface area contributed by atoms with Crippen LogP contribution in [0.25, 0.3) is 0 Å². The van der Waals surface area contributed by atoms with E-state index in [1.165, 1.54) is 0 Å². The zero-order valence-corrected chi connectivity index (χ0v) is 6.49. The van der Waals surface area contributed by atoms with Gasteiger partial charge in [-0.1, -0.05) is 0 Å². The zero-order chi connectivity index (χ0) is 7.90. The minimum Gasteiger partial charge on any atom is -0.347 e. The Bertz CT molecular complexity index is 294. The second-order valence-corrected chi connectivity index (χ2v) is 3.33. The number of hydrogen-bond donors (Lipinski definition) is 0. The molecule has 56 valence electrons. The Labute approximate surface area is 66.1 Å². The summed E-state index contributed by atoms with van der Waals surface area (Å²) in [5.74, 6) is 0.217. The molecule has 2 rings (SSSR count). The monoisotopic (exact) mass is 146 g/mol. The van der Waals surface area contributed by atoms with E-state index in [4.69, 9.17) is 5.26 Å². The number of hydrogen-bond acceptors (Lipinski definition) is 1. The van der Waals surface area contributed by atoms with Gasteiger partial charge in [0.05, 0.1) is 17.5 Å². The molecular weight excluding hydrogens is 136 g/mol. The van der Waals surface area contributed by atoms with Crippen LogP contribution in [0.1, 0.15) is 13.3 Å². The third-order valence-corrected chi connectivity index (χ3v) is 2.56. The molecule has 1 fully saturated rings. The Morgan fingerprint density at radius 3 is 2.64 bits per heavy atom. The molecule has 1 heterocycles. The Morgan fingerprint density at radius 2 is 2.18 bits per heavy atom. The minimum absolute atomic E-state index is 0.0955. The van der Waals surface area contributed by atoms with Gasteiger partial charge in [0, 0.05) is 12.4 Å². The highest BCUT2D eigenvalue weighted by Gasteiger charge is 2.51. The predicted molar refractivity (Wildman–Crippen MR) is 41.8 cm³/mol. The number of aromatic nitrogens is 1. The van der Waals surface area contributed by atoms with Crippen LogP contribution in [0.15, 0.2) is 24.5 Å². The molecule has 1 aliphatic rings. The Balaban J connectivity index is 2.28. The van der Waals surface area contributed by atoms with E-state index in [2.05, 4.69) is 17.6 Å². The third kappa shape index (κ3) is 0.775. The fourth-order valence-corrected chi connectivity index (χ4v) is 1.50. The lowest BCUT2D eigenvalue weighted by Gasteiger charge is -2.10. The highest BCUT2D eigenvalue weighted by atomic mass is 15.1. The summed E-state index contributed by atoms with van der Waals surface area (Å²) in [7, 11) is 0. The third-order valence-electron chi connectivity index (χ3n) is 2.56. The highest BCUT2D eigenvalue weighted by Crippen LogP contribution is 2.49. The minimum atomic E-state index is 0.0955. The molecule has 1 aromatic heterocycles. The molecule has 0 N–H and O–H groups in total. The van der Waals surface area contributed by atoms with Crippen LogP contribution in [0.3, 0.4) is 0 Å². The summed E-state index contributed by atoms with van der Waals surface area (Å²) in [6.07, 6.45) is 5.05. The van der Waals surface area contributed by atoms with Gasteiger partial charge in [0.2, 0.25) is 0 Å². The average molecular weight is 146 g/mol. The molecule has 0 unspecified atom stereocenters. The summed E-state index contributed by atoms with van der Waals surface area (Å²) in [6.45, 7) is 2.13. The van der Waals surface area contributed by atoms with Crippen molar-refractivity contribution >= 4 is 0 Å². The largest absolute Gasteiger partial charge is 0.347 e. The fraction of sp³-hybridized carbons (Fsp3) is 0.444. The van der Waals surface area contributed by atoms with Gasteiger partial charge in [-0.05, 0) is 25.5 Å². The van der Waals surface area contributed by atoms with E-state index in [1.54, 1.807) is 0 Å². The molecule has 0 amide bonds. The van der Waals surface area contributed by atoms with E-state index >= 15 is 0 Å². The van der Waals surface area contributed by atoms with Crippen molar-refractivity contribution in [2.75, 3.05) is 0 Å². The smallest absolute Gasteiger partial charge is 0.0719 e. The van der Waals surface area contributed by atoms with Crippen molar-refractivity contribution in [3.8, 4) is 6.07 Å². The zero-order valence-electron chi connectivity index (χ0n) is 6.49. The first kappa shape index (κ1) is 6.48. The maximum Gasteiger partial charge on any atom is 0.0719 e. The molecule has 2 heteroatoms. The number of nitrogens with zero attached hydrogens (tertiary/aromatic N) is 2. The maximum absolute atomic E-state index is 8.68. The Kier molecular flexibility index (Phi) is 1.11. The molecule has 0 bridgehead atoms. The Morgan fingerprint density at radius 1 is 1.55 bits per heavy atom. The standard InChI is InChI=1S/C9H10N2/c1-9(6-8(9)7-10)11-4-2-3-5-11/h2-5,8H,6H2,1H3/t8-,9-/m0/s1. The van der Waals surface area contributed by atoms with Gasteiger partial charge >= 0.3 is 0 Å². The first-order valence-electron chi connectivity index (χ1n) is 3.80. The highest BCUT2D eigenvalue weighted by molar-refractivity contribution is 5.16. The van der Waals surface area contributed by atoms with E-state index in [0.717, 1.165) is 6.42 Å².